The molecule has 0 saturated heterocycles. The minimum absolute atomic E-state index is 0.351. The zero-order chi connectivity index (χ0) is 9.42. The van der Waals surface area contributed by atoms with Crippen LogP contribution in [0.15, 0.2) is 18.2 Å². The van der Waals surface area contributed by atoms with Crippen LogP contribution in [0.25, 0.3) is 0 Å². The smallest absolute Gasteiger partial charge is 0.0762 e. The van der Waals surface area contributed by atoms with Crippen molar-refractivity contribution in [2.75, 3.05) is 18.5 Å². The number of benzene rings is 1. The summed E-state index contributed by atoms with van der Waals surface area (Å²) in [4.78, 5) is 2.25. The molecule has 2 rings (SSSR count). The summed E-state index contributed by atoms with van der Waals surface area (Å²) < 4.78 is 0. The zero-order valence-electron chi connectivity index (χ0n) is 8.12. The molecule has 0 unspecified atom stereocenters. The number of hydrogen-bond acceptors (Lipinski definition) is 2. The lowest BCUT2D eigenvalue weighted by molar-refractivity contribution is 0.199. The van der Waals surface area contributed by atoms with Crippen LogP contribution >= 0.6 is 0 Å². The summed E-state index contributed by atoms with van der Waals surface area (Å²) in [7, 11) is 2.11. The van der Waals surface area contributed by atoms with Gasteiger partial charge in [0.2, 0.25) is 0 Å². The number of rotatable bonds is 1. The van der Waals surface area contributed by atoms with Gasteiger partial charge in [0.25, 0.3) is 0 Å². The van der Waals surface area contributed by atoms with Crippen LogP contribution in [0.5, 0.6) is 0 Å². The monoisotopic (exact) mass is 177 g/mol. The molecule has 0 amide bonds. The molecule has 1 aliphatic heterocycles. The van der Waals surface area contributed by atoms with Gasteiger partial charge in [-0.1, -0.05) is 12.1 Å². The number of fused-ring (bicyclic) bond motifs is 1. The topological polar surface area (TPSA) is 23.5 Å². The zero-order valence-corrected chi connectivity index (χ0v) is 8.12. The molecule has 1 atom stereocenters. The molecule has 1 aliphatic rings. The normalized spacial score (nSPS) is 17.3. The second kappa shape index (κ2) is 3.04. The van der Waals surface area contributed by atoms with Gasteiger partial charge in [-0.2, -0.15) is 0 Å². The highest BCUT2D eigenvalue weighted by Crippen LogP contribution is 2.28. The highest BCUT2D eigenvalue weighted by molar-refractivity contribution is 5.58. The maximum Gasteiger partial charge on any atom is 0.0762 e. The molecule has 1 aromatic rings. The van der Waals surface area contributed by atoms with Crippen LogP contribution in [0.2, 0.25) is 0 Å². The number of likely N-dealkylation sites (N-methyl/N-ethyl adjacent to an activating group) is 1. The van der Waals surface area contributed by atoms with Gasteiger partial charge < -0.3 is 10.0 Å². The third-order valence-corrected chi connectivity index (χ3v) is 2.71. The van der Waals surface area contributed by atoms with Crippen LogP contribution in [-0.2, 0) is 6.42 Å². The van der Waals surface area contributed by atoms with E-state index in [0.29, 0.717) is 0 Å². The molecule has 0 fully saturated rings. The number of anilines is 1. The predicted octanol–water partition coefficient (Wildman–Crippen LogP) is 1.73. The third-order valence-electron chi connectivity index (χ3n) is 2.71. The molecular formula is C11H15NO. The summed E-state index contributed by atoms with van der Waals surface area (Å²) >= 11 is 0. The van der Waals surface area contributed by atoms with E-state index in [1.54, 1.807) is 6.92 Å². The molecule has 1 aromatic carbocycles. The van der Waals surface area contributed by atoms with E-state index in [1.807, 2.05) is 6.07 Å². The van der Waals surface area contributed by atoms with Crippen molar-refractivity contribution in [2.45, 2.75) is 19.4 Å². The first-order valence-corrected chi connectivity index (χ1v) is 4.70. The highest BCUT2D eigenvalue weighted by Gasteiger charge is 2.16. The van der Waals surface area contributed by atoms with E-state index < -0.39 is 0 Å². The average Bonchev–Trinajstić information content (AvgIpc) is 2.47. The Morgan fingerprint density at radius 2 is 2.23 bits per heavy atom. The minimum Gasteiger partial charge on any atom is -0.389 e. The van der Waals surface area contributed by atoms with Crippen LogP contribution in [0.1, 0.15) is 24.2 Å². The molecule has 13 heavy (non-hydrogen) atoms. The molecule has 1 N–H and O–H groups in total. The van der Waals surface area contributed by atoms with Gasteiger partial charge in [0.15, 0.2) is 0 Å². The molecule has 0 spiro atoms. The van der Waals surface area contributed by atoms with E-state index in [0.717, 1.165) is 18.5 Å². The lowest BCUT2D eigenvalue weighted by Crippen LogP contribution is -2.12. The molecule has 0 bridgehead atoms. The van der Waals surface area contributed by atoms with Crippen molar-refractivity contribution in [3.63, 3.8) is 0 Å². The van der Waals surface area contributed by atoms with Gasteiger partial charge in [-0.15, -0.1) is 0 Å². The standard InChI is InChI=1S/C11H15NO/c1-8(13)9-3-4-11-10(7-9)5-6-12(11)2/h3-4,7-8,13H,5-6H2,1-2H3/t8-/m0/s1. The number of nitrogens with zero attached hydrogens (tertiary/aromatic N) is 1. The van der Waals surface area contributed by atoms with Crippen LogP contribution in [0, 0.1) is 0 Å². The highest BCUT2D eigenvalue weighted by atomic mass is 16.3. The molecule has 2 nitrogen and oxygen atoms in total. The van der Waals surface area contributed by atoms with E-state index >= 15 is 0 Å². The van der Waals surface area contributed by atoms with Gasteiger partial charge in [-0.25, -0.2) is 0 Å². The molecule has 0 saturated carbocycles. The predicted molar refractivity (Wildman–Crippen MR) is 54.0 cm³/mol. The van der Waals surface area contributed by atoms with Crippen molar-refractivity contribution in [3.05, 3.63) is 29.3 Å². The fourth-order valence-electron chi connectivity index (χ4n) is 1.85. The summed E-state index contributed by atoms with van der Waals surface area (Å²) in [5, 5.41) is 9.41. The van der Waals surface area contributed by atoms with Gasteiger partial charge in [-0.3, -0.25) is 0 Å². The summed E-state index contributed by atoms with van der Waals surface area (Å²) in [5.74, 6) is 0. The third kappa shape index (κ3) is 1.42. The summed E-state index contributed by atoms with van der Waals surface area (Å²) in [6, 6.07) is 6.22. The van der Waals surface area contributed by atoms with E-state index in [1.165, 1.54) is 11.3 Å². The number of aliphatic hydroxyl groups excluding tert-OH is 1. The molecule has 0 radical (unpaired) electrons. The summed E-state index contributed by atoms with van der Waals surface area (Å²) in [5.41, 5.74) is 3.69. The Morgan fingerprint density at radius 3 is 2.92 bits per heavy atom. The lowest BCUT2D eigenvalue weighted by Gasteiger charge is -2.12. The first-order chi connectivity index (χ1) is 6.18. The molecular weight excluding hydrogens is 162 g/mol. The van der Waals surface area contributed by atoms with Crippen molar-refractivity contribution in [3.8, 4) is 0 Å². The van der Waals surface area contributed by atoms with Crippen molar-refractivity contribution < 1.29 is 5.11 Å². The fraction of sp³-hybridized carbons (Fsp3) is 0.455. The van der Waals surface area contributed by atoms with Gasteiger partial charge in [0, 0.05) is 19.3 Å². The molecule has 70 valence electrons. The molecule has 2 heteroatoms. The minimum atomic E-state index is -0.351. The van der Waals surface area contributed by atoms with E-state index in [2.05, 4.69) is 24.1 Å². The molecule has 1 heterocycles. The summed E-state index contributed by atoms with van der Waals surface area (Å²) in [6.45, 7) is 2.90. The number of hydrogen-bond donors (Lipinski definition) is 1. The first-order valence-electron chi connectivity index (χ1n) is 4.70. The van der Waals surface area contributed by atoms with Crippen LogP contribution in [0.4, 0.5) is 5.69 Å². The average molecular weight is 177 g/mol. The molecule has 0 aliphatic carbocycles. The Bertz CT molecular complexity index is 320. The Kier molecular flexibility index (Phi) is 2.00. The number of aliphatic hydroxyl groups is 1. The first kappa shape index (κ1) is 8.57. The summed E-state index contributed by atoms with van der Waals surface area (Å²) in [6.07, 6.45) is 0.753. The SMILES string of the molecule is C[C@H](O)c1ccc2c(c1)CCN2C. The van der Waals surface area contributed by atoms with E-state index in [9.17, 15) is 5.11 Å². The Labute approximate surface area is 78.8 Å². The maximum atomic E-state index is 9.41. The Balaban J connectivity index is 2.40. The van der Waals surface area contributed by atoms with Gasteiger partial charge >= 0.3 is 0 Å². The van der Waals surface area contributed by atoms with E-state index in [-0.39, 0.29) is 6.10 Å². The Hall–Kier alpha value is -1.02. The van der Waals surface area contributed by atoms with Crippen molar-refractivity contribution in [2.24, 2.45) is 0 Å². The van der Waals surface area contributed by atoms with Crippen molar-refractivity contribution >= 4 is 5.69 Å². The lowest BCUT2D eigenvalue weighted by atomic mass is 10.1. The fourth-order valence-corrected chi connectivity index (χ4v) is 1.85. The quantitative estimate of drug-likeness (QED) is 0.706. The molecule has 0 aromatic heterocycles. The Morgan fingerprint density at radius 1 is 1.46 bits per heavy atom. The second-order valence-corrected chi connectivity index (χ2v) is 3.74. The van der Waals surface area contributed by atoms with Gasteiger partial charge in [0.05, 0.1) is 6.10 Å². The van der Waals surface area contributed by atoms with Crippen LogP contribution < -0.4 is 4.90 Å². The van der Waals surface area contributed by atoms with Crippen LogP contribution in [-0.4, -0.2) is 18.7 Å². The van der Waals surface area contributed by atoms with Crippen molar-refractivity contribution in [1.29, 1.82) is 0 Å². The van der Waals surface area contributed by atoms with Gasteiger partial charge in [0.1, 0.15) is 0 Å². The van der Waals surface area contributed by atoms with E-state index in [4.69, 9.17) is 0 Å². The van der Waals surface area contributed by atoms with Gasteiger partial charge in [-0.05, 0) is 30.5 Å². The largest absolute Gasteiger partial charge is 0.389 e. The second-order valence-electron chi connectivity index (χ2n) is 3.74. The maximum absolute atomic E-state index is 9.41. The van der Waals surface area contributed by atoms with Crippen molar-refractivity contribution in [1.82, 2.24) is 0 Å². The van der Waals surface area contributed by atoms with Crippen LogP contribution in [0.3, 0.4) is 0 Å².